The summed E-state index contributed by atoms with van der Waals surface area (Å²) < 4.78 is 15.7. The summed E-state index contributed by atoms with van der Waals surface area (Å²) >= 11 is 0. The molecule has 0 saturated heterocycles. The Morgan fingerprint density at radius 2 is 1.74 bits per heavy atom. The highest BCUT2D eigenvalue weighted by atomic mass is 16.5. The zero-order chi connectivity index (χ0) is 14.5. The molecule has 0 N–H and O–H groups in total. The average molecular weight is 263 g/mol. The number of carbonyl (C=O) groups is 1. The van der Waals surface area contributed by atoms with Crippen molar-refractivity contribution in [2.45, 2.75) is 18.8 Å². The Bertz CT molecular complexity index is 482. The predicted molar refractivity (Wildman–Crippen MR) is 69.7 cm³/mol. The molecule has 0 saturated carbocycles. The quantitative estimate of drug-likeness (QED) is 0.735. The molecule has 0 aliphatic rings. The van der Waals surface area contributed by atoms with Crippen LogP contribution in [0.25, 0.3) is 0 Å². The van der Waals surface area contributed by atoms with Gasteiger partial charge in [-0.15, -0.1) is 0 Å². The third-order valence-electron chi connectivity index (χ3n) is 3.04. The lowest BCUT2D eigenvalue weighted by Crippen LogP contribution is -2.20. The second kappa shape index (κ2) is 6.10. The Balaban J connectivity index is 3.46. The van der Waals surface area contributed by atoms with Crippen LogP contribution >= 0.6 is 0 Å². The van der Waals surface area contributed by atoms with Crippen molar-refractivity contribution in [1.29, 1.82) is 5.26 Å². The highest BCUT2D eigenvalue weighted by molar-refractivity contribution is 5.60. The third-order valence-corrected chi connectivity index (χ3v) is 3.04. The first-order valence-corrected chi connectivity index (χ1v) is 5.71. The fraction of sp³-hybridized carbons (Fsp3) is 0.429. The number of benzene rings is 1. The largest absolute Gasteiger partial charge is 0.493 e. The van der Waals surface area contributed by atoms with Gasteiger partial charge >= 0.3 is 0 Å². The number of carbonyl (C=O) groups excluding carboxylic acids is 1. The van der Waals surface area contributed by atoms with Gasteiger partial charge in [0.2, 0.25) is 5.75 Å². The number of hydrogen-bond acceptors (Lipinski definition) is 5. The van der Waals surface area contributed by atoms with Crippen LogP contribution in [0.1, 0.15) is 18.9 Å². The van der Waals surface area contributed by atoms with Crippen LogP contribution in [0.4, 0.5) is 0 Å². The van der Waals surface area contributed by atoms with E-state index in [1.54, 1.807) is 19.1 Å². The minimum Gasteiger partial charge on any atom is -0.493 e. The molecule has 1 rings (SSSR count). The van der Waals surface area contributed by atoms with Gasteiger partial charge in [-0.25, -0.2) is 0 Å². The van der Waals surface area contributed by atoms with E-state index < -0.39 is 5.41 Å². The van der Waals surface area contributed by atoms with Crippen LogP contribution in [-0.2, 0) is 10.2 Å². The van der Waals surface area contributed by atoms with Crippen molar-refractivity contribution in [3.8, 4) is 23.3 Å². The van der Waals surface area contributed by atoms with E-state index >= 15 is 0 Å². The van der Waals surface area contributed by atoms with E-state index in [9.17, 15) is 10.1 Å². The lowest BCUT2D eigenvalue weighted by molar-refractivity contribution is -0.108. The second-order valence-corrected chi connectivity index (χ2v) is 4.23. The molecule has 0 radical (unpaired) electrons. The van der Waals surface area contributed by atoms with Gasteiger partial charge in [0.05, 0.1) is 32.8 Å². The highest BCUT2D eigenvalue weighted by Gasteiger charge is 2.29. The number of nitrogens with zero attached hydrogens (tertiary/aromatic N) is 1. The molecule has 19 heavy (non-hydrogen) atoms. The molecule has 0 aromatic heterocycles. The van der Waals surface area contributed by atoms with Crippen LogP contribution in [-0.4, -0.2) is 27.6 Å². The van der Waals surface area contributed by atoms with Crippen LogP contribution in [0.5, 0.6) is 17.2 Å². The molecule has 1 unspecified atom stereocenters. The molecule has 0 heterocycles. The first-order chi connectivity index (χ1) is 9.06. The summed E-state index contributed by atoms with van der Waals surface area (Å²) in [6.45, 7) is 1.70. The summed E-state index contributed by atoms with van der Waals surface area (Å²) in [5.41, 5.74) is -0.272. The Hall–Kier alpha value is -2.22. The second-order valence-electron chi connectivity index (χ2n) is 4.23. The van der Waals surface area contributed by atoms with Crippen LogP contribution in [0, 0.1) is 11.3 Å². The molecule has 0 spiro atoms. The monoisotopic (exact) mass is 263 g/mol. The molecular formula is C14H17NO4. The van der Waals surface area contributed by atoms with Crippen molar-refractivity contribution in [3.63, 3.8) is 0 Å². The van der Waals surface area contributed by atoms with Gasteiger partial charge in [0.25, 0.3) is 0 Å². The zero-order valence-electron chi connectivity index (χ0n) is 11.5. The molecule has 5 nitrogen and oxygen atoms in total. The molecule has 1 aromatic carbocycles. The summed E-state index contributed by atoms with van der Waals surface area (Å²) in [6.07, 6.45) is 0.828. The Morgan fingerprint density at radius 3 is 2.05 bits per heavy atom. The van der Waals surface area contributed by atoms with Crippen molar-refractivity contribution in [2.24, 2.45) is 0 Å². The van der Waals surface area contributed by atoms with E-state index in [4.69, 9.17) is 14.2 Å². The topological polar surface area (TPSA) is 68.5 Å². The number of nitriles is 1. The number of hydrogen-bond donors (Lipinski definition) is 0. The molecule has 5 heteroatoms. The zero-order valence-corrected chi connectivity index (χ0v) is 11.5. The average Bonchev–Trinajstić information content (AvgIpc) is 2.45. The minimum absolute atomic E-state index is 0.0993. The number of methoxy groups -OCH3 is 3. The molecule has 1 aromatic rings. The van der Waals surface area contributed by atoms with Gasteiger partial charge in [0, 0.05) is 6.42 Å². The van der Waals surface area contributed by atoms with Crippen molar-refractivity contribution >= 4 is 6.29 Å². The number of aldehydes is 1. The standard InChI is InChI=1S/C14H17NO4/c1-14(9-15,5-6-16)10-7-11(17-2)13(19-4)12(8-10)18-3/h6-8H,5H2,1-4H3. The van der Waals surface area contributed by atoms with Crippen LogP contribution < -0.4 is 14.2 Å². The van der Waals surface area contributed by atoms with Gasteiger partial charge in [-0.1, -0.05) is 0 Å². The van der Waals surface area contributed by atoms with Crippen LogP contribution in [0.2, 0.25) is 0 Å². The summed E-state index contributed by atoms with van der Waals surface area (Å²) in [5.74, 6) is 1.38. The fourth-order valence-corrected chi connectivity index (χ4v) is 1.79. The van der Waals surface area contributed by atoms with Crippen molar-refractivity contribution in [1.82, 2.24) is 0 Å². The van der Waals surface area contributed by atoms with E-state index in [0.717, 1.165) is 6.29 Å². The molecule has 102 valence electrons. The van der Waals surface area contributed by atoms with E-state index in [-0.39, 0.29) is 6.42 Å². The van der Waals surface area contributed by atoms with Crippen molar-refractivity contribution < 1.29 is 19.0 Å². The Kier molecular flexibility index (Phi) is 4.76. The number of ether oxygens (including phenoxy) is 3. The lowest BCUT2D eigenvalue weighted by atomic mass is 9.81. The van der Waals surface area contributed by atoms with E-state index in [1.807, 2.05) is 0 Å². The van der Waals surface area contributed by atoms with Gasteiger partial charge in [-0.2, -0.15) is 5.26 Å². The first-order valence-electron chi connectivity index (χ1n) is 5.71. The minimum atomic E-state index is -0.922. The summed E-state index contributed by atoms with van der Waals surface area (Å²) in [5, 5.41) is 9.30. The van der Waals surface area contributed by atoms with E-state index in [1.165, 1.54) is 21.3 Å². The summed E-state index contributed by atoms with van der Waals surface area (Å²) in [6, 6.07) is 5.53. The number of rotatable bonds is 6. The Morgan fingerprint density at radius 1 is 1.21 bits per heavy atom. The molecule has 0 fully saturated rings. The van der Waals surface area contributed by atoms with Gasteiger partial charge in [0.1, 0.15) is 6.29 Å². The van der Waals surface area contributed by atoms with Crippen molar-refractivity contribution in [3.05, 3.63) is 17.7 Å². The predicted octanol–water partition coefficient (Wildman–Crippen LogP) is 2.08. The van der Waals surface area contributed by atoms with Crippen LogP contribution in [0.15, 0.2) is 12.1 Å². The highest BCUT2D eigenvalue weighted by Crippen LogP contribution is 2.41. The Labute approximate surface area is 112 Å². The van der Waals surface area contributed by atoms with Crippen LogP contribution in [0.3, 0.4) is 0 Å². The molecular weight excluding hydrogens is 246 g/mol. The third kappa shape index (κ3) is 2.79. The maximum absolute atomic E-state index is 10.7. The maximum atomic E-state index is 10.7. The van der Waals surface area contributed by atoms with Gasteiger partial charge in [-0.3, -0.25) is 0 Å². The maximum Gasteiger partial charge on any atom is 0.203 e. The molecule has 0 aliphatic carbocycles. The van der Waals surface area contributed by atoms with E-state index in [0.29, 0.717) is 22.8 Å². The van der Waals surface area contributed by atoms with Gasteiger partial charge in [-0.05, 0) is 24.6 Å². The molecule has 0 aliphatic heterocycles. The molecule has 0 bridgehead atoms. The normalized spacial score (nSPS) is 13.0. The van der Waals surface area contributed by atoms with Gasteiger partial charge in [0.15, 0.2) is 11.5 Å². The molecule has 0 amide bonds. The lowest BCUT2D eigenvalue weighted by Gasteiger charge is -2.22. The smallest absolute Gasteiger partial charge is 0.203 e. The fourth-order valence-electron chi connectivity index (χ4n) is 1.79. The van der Waals surface area contributed by atoms with Gasteiger partial charge < -0.3 is 19.0 Å². The first kappa shape index (κ1) is 14.8. The molecule has 1 atom stereocenters. The summed E-state index contributed by atoms with van der Waals surface area (Å²) in [4.78, 5) is 10.7. The van der Waals surface area contributed by atoms with Crippen molar-refractivity contribution in [2.75, 3.05) is 21.3 Å². The summed E-state index contributed by atoms with van der Waals surface area (Å²) in [7, 11) is 4.52. The SMILES string of the molecule is COc1cc(C(C)(C#N)CC=O)cc(OC)c1OC. The van der Waals surface area contributed by atoms with E-state index in [2.05, 4.69) is 6.07 Å².